The number of rotatable bonds is 15. The zero-order chi connectivity index (χ0) is 33.8. The molecular weight excluding hydrogens is 582 g/mol. The Bertz CT molecular complexity index is 1070. The molecule has 3 saturated carbocycles. The van der Waals surface area contributed by atoms with Crippen LogP contribution in [0.15, 0.2) is 16.6 Å². The molecule has 4 aliphatic carbocycles. The number of aliphatic imine (C=N–C) groups is 1. The lowest BCUT2D eigenvalue weighted by atomic mass is 9.47. The van der Waals surface area contributed by atoms with Gasteiger partial charge in [0.25, 0.3) is 0 Å². The molecule has 0 N–H and O–H groups in total. The van der Waals surface area contributed by atoms with E-state index in [-0.39, 0.29) is 5.54 Å². The summed E-state index contributed by atoms with van der Waals surface area (Å²) in [5, 5.41) is 0. The SMILES string of the molecule is CC(C)CCCC(C)C1CCC2C3CC=C4CC(OCCOCCOCCN5CCN(C)/C5=N\C(C)(C)C)CC[C@]4(C)C3CC[C@]12C. The first-order valence-electron chi connectivity index (χ1n) is 19.8. The van der Waals surface area contributed by atoms with E-state index in [2.05, 4.69) is 78.3 Å². The predicted molar refractivity (Wildman–Crippen MR) is 196 cm³/mol. The van der Waals surface area contributed by atoms with E-state index in [1.54, 1.807) is 5.57 Å². The van der Waals surface area contributed by atoms with Crippen molar-refractivity contribution in [3.05, 3.63) is 11.6 Å². The third-order valence-corrected chi connectivity index (χ3v) is 13.5. The quantitative estimate of drug-likeness (QED) is 0.130. The van der Waals surface area contributed by atoms with Crippen LogP contribution in [0.2, 0.25) is 0 Å². The van der Waals surface area contributed by atoms with Crippen molar-refractivity contribution < 1.29 is 14.2 Å². The molecule has 1 saturated heterocycles. The van der Waals surface area contributed by atoms with Gasteiger partial charge in [-0.25, -0.2) is 4.99 Å². The van der Waals surface area contributed by atoms with Crippen LogP contribution >= 0.6 is 0 Å². The number of fused-ring (bicyclic) bond motifs is 5. The number of guanidine groups is 1. The van der Waals surface area contributed by atoms with Crippen molar-refractivity contribution in [3.8, 4) is 0 Å². The van der Waals surface area contributed by atoms with Gasteiger partial charge < -0.3 is 24.0 Å². The normalized spacial score (nSPS) is 35.7. The number of likely N-dealkylation sites (N-methyl/N-ethyl adjacent to an activating group) is 1. The van der Waals surface area contributed by atoms with Gasteiger partial charge in [-0.15, -0.1) is 0 Å². The summed E-state index contributed by atoms with van der Waals surface area (Å²) in [6.45, 7) is 25.4. The molecule has 0 bridgehead atoms. The van der Waals surface area contributed by atoms with E-state index in [4.69, 9.17) is 19.2 Å². The Hall–Kier alpha value is -1.11. The van der Waals surface area contributed by atoms with Gasteiger partial charge in [-0.3, -0.25) is 0 Å². The highest BCUT2D eigenvalue weighted by molar-refractivity contribution is 5.82. The predicted octanol–water partition coefficient (Wildman–Crippen LogP) is 8.85. The van der Waals surface area contributed by atoms with Gasteiger partial charge in [0.15, 0.2) is 5.96 Å². The number of nitrogens with zero attached hydrogens (tertiary/aromatic N) is 3. The maximum absolute atomic E-state index is 6.41. The molecule has 270 valence electrons. The summed E-state index contributed by atoms with van der Waals surface area (Å²) in [6, 6.07) is 0. The number of ether oxygens (including phenoxy) is 3. The molecule has 4 fully saturated rings. The number of hydrogen-bond acceptors (Lipinski definition) is 4. The van der Waals surface area contributed by atoms with Crippen LogP contribution in [0.5, 0.6) is 0 Å². The largest absolute Gasteiger partial charge is 0.377 e. The lowest BCUT2D eigenvalue weighted by molar-refractivity contribution is -0.0688. The van der Waals surface area contributed by atoms with Crippen LogP contribution in [-0.4, -0.2) is 87.1 Å². The summed E-state index contributed by atoms with van der Waals surface area (Å²) in [7, 11) is 2.13. The Kier molecular flexibility index (Phi) is 12.5. The minimum atomic E-state index is -0.0700. The fraction of sp³-hybridized carbons (Fsp3) is 0.927. The summed E-state index contributed by atoms with van der Waals surface area (Å²) >= 11 is 0. The Morgan fingerprint density at radius 1 is 0.894 bits per heavy atom. The molecule has 1 aliphatic heterocycles. The van der Waals surface area contributed by atoms with E-state index in [1.165, 1.54) is 64.2 Å². The molecule has 5 rings (SSSR count). The fourth-order valence-corrected chi connectivity index (χ4v) is 10.9. The van der Waals surface area contributed by atoms with Gasteiger partial charge in [0.2, 0.25) is 0 Å². The number of hydrogen-bond donors (Lipinski definition) is 0. The second-order valence-electron chi connectivity index (χ2n) is 18.2. The highest BCUT2D eigenvalue weighted by Crippen LogP contribution is 2.67. The van der Waals surface area contributed by atoms with Crippen LogP contribution in [0.4, 0.5) is 0 Å². The Morgan fingerprint density at radius 3 is 2.38 bits per heavy atom. The Labute approximate surface area is 289 Å². The zero-order valence-electron chi connectivity index (χ0n) is 32.1. The van der Waals surface area contributed by atoms with Crippen LogP contribution in [0.25, 0.3) is 0 Å². The third-order valence-electron chi connectivity index (χ3n) is 13.5. The molecule has 0 aromatic heterocycles. The van der Waals surface area contributed by atoms with Gasteiger partial charge in [0, 0.05) is 26.7 Å². The van der Waals surface area contributed by atoms with Crippen molar-refractivity contribution in [2.24, 2.45) is 51.3 Å². The van der Waals surface area contributed by atoms with Gasteiger partial charge in [-0.2, -0.15) is 0 Å². The fourth-order valence-electron chi connectivity index (χ4n) is 10.9. The first-order valence-corrected chi connectivity index (χ1v) is 19.8. The van der Waals surface area contributed by atoms with Crippen molar-refractivity contribution in [1.29, 1.82) is 0 Å². The van der Waals surface area contributed by atoms with Crippen LogP contribution in [-0.2, 0) is 14.2 Å². The molecule has 0 aromatic rings. The first kappa shape index (κ1) is 37.2. The summed E-state index contributed by atoms with van der Waals surface area (Å²) < 4.78 is 18.2. The van der Waals surface area contributed by atoms with Gasteiger partial charge in [0.05, 0.1) is 44.7 Å². The van der Waals surface area contributed by atoms with Crippen molar-refractivity contribution in [2.75, 3.05) is 59.7 Å². The molecule has 8 atom stereocenters. The summed E-state index contributed by atoms with van der Waals surface area (Å²) in [5.74, 6) is 6.47. The molecular formula is C41H73N3O3. The Morgan fingerprint density at radius 2 is 1.64 bits per heavy atom. The molecule has 0 aromatic carbocycles. The highest BCUT2D eigenvalue weighted by atomic mass is 16.5. The summed E-state index contributed by atoms with van der Waals surface area (Å²) in [5.41, 5.74) is 2.62. The lowest BCUT2D eigenvalue weighted by Crippen LogP contribution is -2.51. The van der Waals surface area contributed by atoms with Gasteiger partial charge >= 0.3 is 0 Å². The molecule has 0 spiro atoms. The maximum atomic E-state index is 6.41. The molecule has 5 aliphatic rings. The van der Waals surface area contributed by atoms with Crippen LogP contribution in [0.1, 0.15) is 126 Å². The van der Waals surface area contributed by atoms with E-state index in [0.717, 1.165) is 67.5 Å². The van der Waals surface area contributed by atoms with E-state index in [0.29, 0.717) is 50.0 Å². The van der Waals surface area contributed by atoms with Crippen LogP contribution < -0.4 is 0 Å². The van der Waals surface area contributed by atoms with E-state index in [9.17, 15) is 0 Å². The third kappa shape index (κ3) is 8.80. The molecule has 6 nitrogen and oxygen atoms in total. The smallest absolute Gasteiger partial charge is 0.197 e. The molecule has 1 heterocycles. The standard InChI is InChI=1S/C41H73N3O3/c1-30(2)11-10-12-31(3)35-15-16-36-34-14-13-32-29-33(17-19-40(32,7)37(34)18-20-41(35,36)8)47-28-27-46-26-25-45-24-23-44-22-21-43(9)38(44)42-39(4,5)6/h13,30-31,33-37H,10-12,14-29H2,1-9H3/b42-38+/t31?,33?,34?,35?,36?,37?,40-,41+/m0/s1. The van der Waals surface area contributed by atoms with Gasteiger partial charge in [-0.05, 0) is 118 Å². The highest BCUT2D eigenvalue weighted by Gasteiger charge is 2.59. The monoisotopic (exact) mass is 656 g/mol. The molecule has 0 radical (unpaired) electrons. The first-order chi connectivity index (χ1) is 22.3. The average molecular weight is 656 g/mol. The second-order valence-corrected chi connectivity index (χ2v) is 18.2. The van der Waals surface area contributed by atoms with Gasteiger partial charge in [0.1, 0.15) is 0 Å². The minimum absolute atomic E-state index is 0.0700. The summed E-state index contributed by atoms with van der Waals surface area (Å²) in [4.78, 5) is 9.49. The zero-order valence-corrected chi connectivity index (χ0v) is 32.1. The van der Waals surface area contributed by atoms with Gasteiger partial charge in [-0.1, -0.05) is 65.5 Å². The Balaban J connectivity index is 0.997. The van der Waals surface area contributed by atoms with Crippen LogP contribution in [0.3, 0.4) is 0 Å². The minimum Gasteiger partial charge on any atom is -0.377 e. The van der Waals surface area contributed by atoms with Crippen molar-refractivity contribution in [1.82, 2.24) is 9.80 Å². The van der Waals surface area contributed by atoms with Crippen LogP contribution in [0, 0.1) is 46.3 Å². The molecule has 47 heavy (non-hydrogen) atoms. The average Bonchev–Trinajstić information content (AvgIpc) is 3.53. The van der Waals surface area contributed by atoms with Crippen molar-refractivity contribution in [2.45, 2.75) is 138 Å². The lowest BCUT2D eigenvalue weighted by Gasteiger charge is -2.58. The second kappa shape index (κ2) is 15.8. The maximum Gasteiger partial charge on any atom is 0.197 e. The van der Waals surface area contributed by atoms with Crippen molar-refractivity contribution >= 4 is 5.96 Å². The van der Waals surface area contributed by atoms with E-state index >= 15 is 0 Å². The number of allylic oxidation sites excluding steroid dienone is 1. The van der Waals surface area contributed by atoms with E-state index in [1.807, 2.05) is 0 Å². The molecule has 6 unspecified atom stereocenters. The van der Waals surface area contributed by atoms with E-state index < -0.39 is 0 Å². The summed E-state index contributed by atoms with van der Waals surface area (Å²) in [6.07, 6.45) is 18.1. The van der Waals surface area contributed by atoms with Crippen molar-refractivity contribution in [3.63, 3.8) is 0 Å². The topological polar surface area (TPSA) is 46.5 Å². The molecule has 6 heteroatoms. The molecule has 0 amide bonds.